The highest BCUT2D eigenvalue weighted by Gasteiger charge is 2.37. The molecule has 0 fully saturated rings. The maximum absolute atomic E-state index is 12.5. The molecule has 3 aromatic rings. The van der Waals surface area contributed by atoms with Gasteiger partial charge in [0.1, 0.15) is 5.76 Å². The number of aliphatic hydroxyl groups is 1. The molecule has 24 heavy (non-hydrogen) atoms. The predicted octanol–water partition coefficient (Wildman–Crippen LogP) is 2.40. The van der Waals surface area contributed by atoms with Crippen molar-refractivity contribution >= 4 is 10.0 Å². The molecular weight excluding hydrogens is 330 g/mol. The molecule has 1 atom stereocenters. The summed E-state index contributed by atoms with van der Waals surface area (Å²) in [6, 6.07) is 11.3. The number of aryl methyl sites for hydroxylation is 1. The van der Waals surface area contributed by atoms with Crippen LogP contribution in [0.4, 0.5) is 0 Å². The van der Waals surface area contributed by atoms with Crippen LogP contribution in [0.15, 0.2) is 75.0 Å². The fraction of sp³-hybridized carbons (Fsp3) is 0.176. The van der Waals surface area contributed by atoms with Gasteiger partial charge in [0, 0.05) is 5.56 Å². The molecular formula is C17H17NO5S. The molecule has 0 aliphatic carbocycles. The third-order valence-electron chi connectivity index (χ3n) is 3.75. The van der Waals surface area contributed by atoms with Crippen LogP contribution < -0.4 is 4.72 Å². The molecule has 1 aromatic carbocycles. The van der Waals surface area contributed by atoms with E-state index in [0.29, 0.717) is 5.56 Å². The van der Waals surface area contributed by atoms with Crippen LogP contribution in [0, 0.1) is 6.92 Å². The van der Waals surface area contributed by atoms with Crippen molar-refractivity contribution in [2.45, 2.75) is 17.4 Å². The molecule has 0 amide bonds. The maximum Gasteiger partial charge on any atom is 0.240 e. The molecule has 2 heterocycles. The van der Waals surface area contributed by atoms with E-state index < -0.39 is 15.6 Å². The van der Waals surface area contributed by atoms with E-state index >= 15 is 0 Å². The summed E-state index contributed by atoms with van der Waals surface area (Å²) in [4.78, 5) is 0.136. The molecule has 0 aliphatic heterocycles. The third kappa shape index (κ3) is 3.14. The lowest BCUT2D eigenvalue weighted by atomic mass is 9.94. The molecule has 0 bridgehead atoms. The Hall–Kier alpha value is -2.35. The molecule has 2 N–H and O–H groups in total. The molecule has 0 saturated carbocycles. The van der Waals surface area contributed by atoms with Crippen LogP contribution in [0.1, 0.15) is 16.9 Å². The van der Waals surface area contributed by atoms with Gasteiger partial charge >= 0.3 is 0 Å². The molecule has 0 unspecified atom stereocenters. The quantitative estimate of drug-likeness (QED) is 0.714. The number of furan rings is 2. The average Bonchev–Trinajstić information content (AvgIpc) is 3.26. The van der Waals surface area contributed by atoms with Crippen LogP contribution in [0.25, 0.3) is 0 Å². The summed E-state index contributed by atoms with van der Waals surface area (Å²) in [7, 11) is -3.78. The van der Waals surface area contributed by atoms with Gasteiger partial charge in [-0.1, -0.05) is 12.1 Å². The van der Waals surface area contributed by atoms with E-state index in [2.05, 4.69) is 4.72 Å². The molecule has 0 radical (unpaired) electrons. The van der Waals surface area contributed by atoms with Crippen molar-refractivity contribution in [2.75, 3.05) is 6.54 Å². The first-order valence-corrected chi connectivity index (χ1v) is 8.75. The molecule has 7 heteroatoms. The number of sulfonamides is 1. The zero-order chi connectivity index (χ0) is 17.2. The lowest BCUT2D eigenvalue weighted by Gasteiger charge is -2.25. The largest absolute Gasteiger partial charge is 0.472 e. The Balaban J connectivity index is 1.90. The van der Waals surface area contributed by atoms with Gasteiger partial charge in [-0.25, -0.2) is 13.1 Å². The van der Waals surface area contributed by atoms with Gasteiger partial charge in [0.15, 0.2) is 5.60 Å². The number of rotatable bonds is 6. The van der Waals surface area contributed by atoms with Crippen LogP contribution in [0.3, 0.4) is 0 Å². The van der Waals surface area contributed by atoms with Crippen molar-refractivity contribution in [2.24, 2.45) is 0 Å². The average molecular weight is 347 g/mol. The van der Waals surface area contributed by atoms with Crippen molar-refractivity contribution < 1.29 is 22.4 Å². The summed E-state index contributed by atoms with van der Waals surface area (Å²) < 4.78 is 37.7. The number of hydrogen-bond acceptors (Lipinski definition) is 5. The Bertz CT molecular complexity index is 864. The Morgan fingerprint density at radius 1 is 1.17 bits per heavy atom. The Morgan fingerprint density at radius 3 is 2.62 bits per heavy atom. The van der Waals surface area contributed by atoms with Gasteiger partial charge in [0.25, 0.3) is 0 Å². The highest BCUT2D eigenvalue weighted by atomic mass is 32.2. The van der Waals surface area contributed by atoms with Crippen molar-refractivity contribution in [1.82, 2.24) is 4.72 Å². The lowest BCUT2D eigenvalue weighted by Crippen LogP contribution is -2.41. The van der Waals surface area contributed by atoms with Gasteiger partial charge in [-0.15, -0.1) is 0 Å². The minimum atomic E-state index is -3.78. The second kappa shape index (κ2) is 6.27. The molecule has 6 nitrogen and oxygen atoms in total. The summed E-state index contributed by atoms with van der Waals surface area (Å²) in [5.41, 5.74) is -0.452. The Labute approximate surface area is 139 Å². The van der Waals surface area contributed by atoms with Crippen molar-refractivity contribution in [3.05, 3.63) is 78.1 Å². The van der Waals surface area contributed by atoms with Gasteiger partial charge in [-0.2, -0.15) is 0 Å². The normalized spacial score (nSPS) is 14.4. The van der Waals surface area contributed by atoms with E-state index in [-0.39, 0.29) is 17.2 Å². The topological polar surface area (TPSA) is 92.7 Å². The number of hydrogen-bond donors (Lipinski definition) is 2. The van der Waals surface area contributed by atoms with Gasteiger partial charge in [-0.05, 0) is 42.8 Å². The van der Waals surface area contributed by atoms with Gasteiger partial charge in [-0.3, -0.25) is 0 Å². The summed E-state index contributed by atoms with van der Waals surface area (Å²) in [6.45, 7) is 1.51. The fourth-order valence-electron chi connectivity index (χ4n) is 2.41. The molecule has 126 valence electrons. The Kier molecular flexibility index (Phi) is 4.31. The molecule has 0 saturated heterocycles. The highest BCUT2D eigenvalue weighted by molar-refractivity contribution is 7.89. The standard InChI is InChI=1S/C17H17NO5S/c1-13-4-2-5-15(10-13)24(20,21)18-12-17(19,14-7-9-22-11-14)16-6-3-8-23-16/h2-11,18-19H,12H2,1H3/t17-/m0/s1. The van der Waals surface area contributed by atoms with Crippen LogP contribution in [0.5, 0.6) is 0 Å². The van der Waals surface area contributed by atoms with E-state index in [9.17, 15) is 13.5 Å². The number of benzene rings is 1. The third-order valence-corrected chi connectivity index (χ3v) is 5.14. The van der Waals surface area contributed by atoms with Crippen LogP contribution >= 0.6 is 0 Å². The summed E-state index contributed by atoms with van der Waals surface area (Å²) in [5.74, 6) is 0.218. The van der Waals surface area contributed by atoms with E-state index in [4.69, 9.17) is 8.83 Å². The SMILES string of the molecule is Cc1cccc(S(=O)(=O)NC[C@](O)(c2ccoc2)c2ccco2)c1. The van der Waals surface area contributed by atoms with Gasteiger partial charge < -0.3 is 13.9 Å². The Morgan fingerprint density at radius 2 is 2.00 bits per heavy atom. The fourth-order valence-corrected chi connectivity index (χ4v) is 3.57. The molecule has 2 aromatic heterocycles. The smallest absolute Gasteiger partial charge is 0.240 e. The van der Waals surface area contributed by atoms with Crippen LogP contribution in [0.2, 0.25) is 0 Å². The molecule has 0 aliphatic rings. The summed E-state index contributed by atoms with van der Waals surface area (Å²) in [6.07, 6.45) is 4.16. The predicted molar refractivity (Wildman–Crippen MR) is 86.8 cm³/mol. The molecule has 0 spiro atoms. The number of nitrogens with one attached hydrogen (secondary N) is 1. The summed E-state index contributed by atoms with van der Waals surface area (Å²) in [5, 5.41) is 11.0. The van der Waals surface area contributed by atoms with Crippen molar-refractivity contribution in [3.8, 4) is 0 Å². The minimum absolute atomic E-state index is 0.136. The van der Waals surface area contributed by atoms with E-state index in [1.165, 1.54) is 24.9 Å². The second-order valence-corrected chi connectivity index (χ2v) is 7.26. The first-order chi connectivity index (χ1) is 11.4. The minimum Gasteiger partial charge on any atom is -0.472 e. The van der Waals surface area contributed by atoms with Gasteiger partial charge in [0.05, 0.1) is 30.2 Å². The monoisotopic (exact) mass is 347 g/mol. The second-order valence-electron chi connectivity index (χ2n) is 5.49. The lowest BCUT2D eigenvalue weighted by molar-refractivity contribution is 0.0613. The highest BCUT2D eigenvalue weighted by Crippen LogP contribution is 2.30. The van der Waals surface area contributed by atoms with Crippen molar-refractivity contribution in [3.63, 3.8) is 0 Å². The first-order valence-electron chi connectivity index (χ1n) is 7.27. The van der Waals surface area contributed by atoms with Crippen molar-refractivity contribution in [1.29, 1.82) is 0 Å². The van der Waals surface area contributed by atoms with Gasteiger partial charge in [0.2, 0.25) is 10.0 Å². The molecule has 3 rings (SSSR count). The van der Waals surface area contributed by atoms with Crippen LogP contribution in [-0.4, -0.2) is 20.1 Å². The van der Waals surface area contributed by atoms with E-state index in [0.717, 1.165) is 5.56 Å². The zero-order valence-corrected chi connectivity index (χ0v) is 13.8. The first kappa shape index (κ1) is 16.5. The van der Waals surface area contributed by atoms with E-state index in [1.54, 1.807) is 30.3 Å². The zero-order valence-electron chi connectivity index (χ0n) is 13.0. The van der Waals surface area contributed by atoms with Crippen LogP contribution in [-0.2, 0) is 15.6 Å². The van der Waals surface area contributed by atoms with E-state index in [1.807, 2.05) is 13.0 Å². The summed E-state index contributed by atoms with van der Waals surface area (Å²) >= 11 is 0. The maximum atomic E-state index is 12.5.